The van der Waals surface area contributed by atoms with Crippen molar-refractivity contribution in [3.63, 3.8) is 0 Å². The van der Waals surface area contributed by atoms with Crippen LogP contribution >= 0.6 is 0 Å². The Labute approximate surface area is 156 Å². The molecule has 25 heavy (non-hydrogen) atoms. The zero-order chi connectivity index (χ0) is 18.8. The maximum Gasteiger partial charge on any atom is 0.310 e. The molecule has 4 nitrogen and oxygen atoms in total. The van der Waals surface area contributed by atoms with Gasteiger partial charge in [0.05, 0.1) is 13.2 Å². The van der Waals surface area contributed by atoms with Crippen molar-refractivity contribution >= 4 is 0 Å². The van der Waals surface area contributed by atoms with E-state index in [2.05, 4.69) is 20.8 Å². The minimum Gasteiger partial charge on any atom is -0.370 e. The summed E-state index contributed by atoms with van der Waals surface area (Å²) in [6, 6.07) is 0. The molecule has 0 aliphatic heterocycles. The van der Waals surface area contributed by atoms with Crippen molar-refractivity contribution in [2.45, 2.75) is 111 Å². The van der Waals surface area contributed by atoms with Crippen LogP contribution in [0.4, 0.5) is 0 Å². The molecule has 0 aromatic heterocycles. The summed E-state index contributed by atoms with van der Waals surface area (Å²) in [6.07, 6.45) is 11.3. The lowest BCUT2D eigenvalue weighted by Gasteiger charge is -2.39. The van der Waals surface area contributed by atoms with Gasteiger partial charge < -0.3 is 18.9 Å². The highest BCUT2D eigenvalue weighted by Crippen LogP contribution is 2.28. The van der Waals surface area contributed by atoms with Crippen LogP contribution in [0, 0.1) is 0 Å². The number of hydrogen-bond donors (Lipinski definition) is 0. The summed E-state index contributed by atoms with van der Waals surface area (Å²) in [6.45, 7) is 13.0. The average molecular weight is 361 g/mol. The van der Waals surface area contributed by atoms with Gasteiger partial charge in [-0.05, 0) is 33.1 Å². The van der Waals surface area contributed by atoms with Crippen LogP contribution in [-0.4, -0.2) is 38.5 Å². The summed E-state index contributed by atoms with van der Waals surface area (Å²) in [5, 5.41) is 0. The lowest BCUT2D eigenvalue weighted by Crippen LogP contribution is -2.51. The summed E-state index contributed by atoms with van der Waals surface area (Å²) >= 11 is 0. The highest BCUT2D eigenvalue weighted by atomic mass is 16.9. The predicted octanol–water partition coefficient (Wildman–Crippen LogP) is 6.08. The molecule has 0 heterocycles. The van der Waals surface area contributed by atoms with Gasteiger partial charge in [0.2, 0.25) is 0 Å². The molecule has 0 saturated carbocycles. The van der Waals surface area contributed by atoms with Crippen LogP contribution < -0.4 is 0 Å². The smallest absolute Gasteiger partial charge is 0.310 e. The van der Waals surface area contributed by atoms with Crippen molar-refractivity contribution in [3.05, 3.63) is 0 Å². The molecule has 2 unspecified atom stereocenters. The fourth-order valence-corrected chi connectivity index (χ4v) is 2.88. The molecule has 0 rings (SSSR count). The van der Waals surface area contributed by atoms with E-state index in [1.807, 2.05) is 13.8 Å². The lowest BCUT2D eigenvalue weighted by molar-refractivity contribution is -0.417. The first kappa shape index (κ1) is 24.8. The molecule has 0 saturated heterocycles. The zero-order valence-corrected chi connectivity index (χ0v) is 17.6. The fourth-order valence-electron chi connectivity index (χ4n) is 2.88. The monoisotopic (exact) mass is 360 g/mol. The molecule has 0 bridgehead atoms. The molecule has 0 spiro atoms. The van der Waals surface area contributed by atoms with Gasteiger partial charge in [0.25, 0.3) is 0 Å². The molecule has 0 aromatic carbocycles. The van der Waals surface area contributed by atoms with E-state index in [1.54, 1.807) is 0 Å². The fraction of sp³-hybridized carbons (Fsp3) is 1.00. The van der Waals surface area contributed by atoms with E-state index in [9.17, 15) is 0 Å². The van der Waals surface area contributed by atoms with Crippen LogP contribution in [0.1, 0.15) is 98.8 Å². The molecule has 0 amide bonds. The minimum atomic E-state index is -1.06. The van der Waals surface area contributed by atoms with Gasteiger partial charge in [-0.2, -0.15) is 0 Å². The molecule has 0 radical (unpaired) electrons. The van der Waals surface area contributed by atoms with E-state index >= 15 is 0 Å². The second kappa shape index (κ2) is 17.3. The number of rotatable bonds is 19. The van der Waals surface area contributed by atoms with Crippen LogP contribution in [0.25, 0.3) is 0 Å². The van der Waals surface area contributed by atoms with E-state index in [0.717, 1.165) is 32.1 Å². The summed E-state index contributed by atoms with van der Waals surface area (Å²) in [5.41, 5.74) is 0. The van der Waals surface area contributed by atoms with E-state index in [-0.39, 0.29) is 6.10 Å². The largest absolute Gasteiger partial charge is 0.370 e. The Morgan fingerprint density at radius 2 is 1.24 bits per heavy atom. The Morgan fingerprint density at radius 3 is 1.84 bits per heavy atom. The van der Waals surface area contributed by atoms with Crippen molar-refractivity contribution in [3.8, 4) is 0 Å². The first-order valence-corrected chi connectivity index (χ1v) is 10.7. The third kappa shape index (κ3) is 11.2. The normalized spacial score (nSPS) is 15.2. The van der Waals surface area contributed by atoms with Crippen LogP contribution in [0.5, 0.6) is 0 Å². The Balaban J connectivity index is 4.83. The van der Waals surface area contributed by atoms with Crippen molar-refractivity contribution < 1.29 is 18.9 Å². The van der Waals surface area contributed by atoms with E-state index < -0.39 is 5.97 Å². The SMILES string of the molecule is CCCCCCCCC(OCC)C(OCC)(OCCC)OCCCC. The molecule has 152 valence electrons. The van der Waals surface area contributed by atoms with Crippen LogP contribution in [0.2, 0.25) is 0 Å². The maximum atomic E-state index is 6.15. The second-order valence-electron chi connectivity index (χ2n) is 6.59. The molecule has 0 aliphatic carbocycles. The second-order valence-corrected chi connectivity index (χ2v) is 6.59. The van der Waals surface area contributed by atoms with Gasteiger partial charge in [-0.15, -0.1) is 0 Å². The summed E-state index contributed by atoms with van der Waals surface area (Å²) in [4.78, 5) is 0. The first-order valence-electron chi connectivity index (χ1n) is 10.7. The molecule has 0 aromatic rings. The highest BCUT2D eigenvalue weighted by Gasteiger charge is 2.43. The standard InChI is InChI=1S/C21H44O4/c1-6-11-13-14-15-16-17-20(22-9-4)21(23-10-5,24-18-8-3)25-19-12-7-2/h20H,6-19H2,1-5H3. The van der Waals surface area contributed by atoms with Crippen LogP contribution in [0.15, 0.2) is 0 Å². The predicted molar refractivity (Wildman–Crippen MR) is 105 cm³/mol. The molecule has 0 aliphatic rings. The topological polar surface area (TPSA) is 36.9 Å². The van der Waals surface area contributed by atoms with E-state index in [0.29, 0.717) is 26.4 Å². The van der Waals surface area contributed by atoms with E-state index in [1.165, 1.54) is 32.1 Å². The average Bonchev–Trinajstić information content (AvgIpc) is 2.62. The minimum absolute atomic E-state index is 0.174. The number of unbranched alkanes of at least 4 members (excludes halogenated alkanes) is 6. The molecule has 0 fully saturated rings. The van der Waals surface area contributed by atoms with Gasteiger partial charge in [-0.25, -0.2) is 0 Å². The van der Waals surface area contributed by atoms with Gasteiger partial charge in [0.15, 0.2) is 0 Å². The van der Waals surface area contributed by atoms with Crippen LogP contribution in [0.3, 0.4) is 0 Å². The van der Waals surface area contributed by atoms with Crippen LogP contribution in [-0.2, 0) is 18.9 Å². The molecular formula is C21H44O4. The number of hydrogen-bond acceptors (Lipinski definition) is 4. The van der Waals surface area contributed by atoms with E-state index in [4.69, 9.17) is 18.9 Å². The maximum absolute atomic E-state index is 6.15. The Hall–Kier alpha value is -0.160. The zero-order valence-electron chi connectivity index (χ0n) is 17.6. The van der Waals surface area contributed by atoms with Gasteiger partial charge in [0, 0.05) is 13.2 Å². The Bertz CT molecular complexity index is 273. The quantitative estimate of drug-likeness (QED) is 0.207. The highest BCUT2D eigenvalue weighted by molar-refractivity contribution is 4.73. The number of ether oxygens (including phenoxy) is 4. The molecule has 4 heteroatoms. The third-order valence-corrected chi connectivity index (χ3v) is 4.24. The van der Waals surface area contributed by atoms with Gasteiger partial charge in [-0.3, -0.25) is 0 Å². The van der Waals surface area contributed by atoms with Crippen molar-refractivity contribution in [1.29, 1.82) is 0 Å². The molecular weight excluding hydrogens is 316 g/mol. The Morgan fingerprint density at radius 1 is 0.600 bits per heavy atom. The van der Waals surface area contributed by atoms with Crippen molar-refractivity contribution in [2.24, 2.45) is 0 Å². The summed E-state index contributed by atoms with van der Waals surface area (Å²) < 4.78 is 24.3. The lowest BCUT2D eigenvalue weighted by atomic mass is 10.1. The van der Waals surface area contributed by atoms with Crippen molar-refractivity contribution in [2.75, 3.05) is 26.4 Å². The first-order chi connectivity index (χ1) is 12.2. The van der Waals surface area contributed by atoms with Crippen molar-refractivity contribution in [1.82, 2.24) is 0 Å². The van der Waals surface area contributed by atoms with Gasteiger partial charge in [0.1, 0.15) is 6.10 Å². The van der Waals surface area contributed by atoms with Gasteiger partial charge in [-0.1, -0.05) is 65.7 Å². The van der Waals surface area contributed by atoms with Gasteiger partial charge >= 0.3 is 5.97 Å². The molecule has 0 N–H and O–H groups in total. The summed E-state index contributed by atoms with van der Waals surface area (Å²) in [5.74, 6) is -1.06. The summed E-state index contributed by atoms with van der Waals surface area (Å²) in [7, 11) is 0. The molecule has 2 atom stereocenters. The Kier molecular flexibility index (Phi) is 17.2. The third-order valence-electron chi connectivity index (χ3n) is 4.24.